The van der Waals surface area contributed by atoms with Crippen molar-refractivity contribution in [2.75, 3.05) is 26.3 Å². The molecule has 2 aromatic heterocycles. The SMILES string of the molecule is CC1(OC(=O)N2CC3COCC(C2)C3Oc2ncnc3c2cnn3-c2ccc(C#N)cc2F)CC1. The van der Waals surface area contributed by atoms with E-state index in [1.54, 1.807) is 4.90 Å². The number of ether oxygens (including phenoxy) is 3. The minimum absolute atomic E-state index is 0.0434. The maximum absolute atomic E-state index is 14.6. The van der Waals surface area contributed by atoms with E-state index < -0.39 is 5.82 Å². The molecule has 2 aliphatic heterocycles. The largest absolute Gasteiger partial charge is 0.473 e. The lowest BCUT2D eigenvalue weighted by Gasteiger charge is -2.46. The Labute approximate surface area is 200 Å². The highest BCUT2D eigenvalue weighted by atomic mass is 19.1. The second-order valence-electron chi connectivity index (χ2n) is 9.61. The highest BCUT2D eigenvalue weighted by molar-refractivity contribution is 5.81. The van der Waals surface area contributed by atoms with Crippen LogP contribution in [0.5, 0.6) is 5.88 Å². The molecule has 3 aromatic rings. The van der Waals surface area contributed by atoms with Gasteiger partial charge in [-0.05, 0) is 38.0 Å². The van der Waals surface area contributed by atoms with Crippen molar-refractivity contribution in [1.82, 2.24) is 24.6 Å². The molecule has 1 aromatic carbocycles. The van der Waals surface area contributed by atoms with E-state index in [9.17, 15) is 9.18 Å². The van der Waals surface area contributed by atoms with Crippen molar-refractivity contribution in [1.29, 1.82) is 5.26 Å². The molecule has 0 N–H and O–H groups in total. The molecule has 10 nitrogen and oxygen atoms in total. The predicted octanol–water partition coefficient (Wildman–Crippen LogP) is 2.84. The molecule has 1 aliphatic carbocycles. The Morgan fingerprint density at radius 1 is 1.26 bits per heavy atom. The summed E-state index contributed by atoms with van der Waals surface area (Å²) >= 11 is 0. The summed E-state index contributed by atoms with van der Waals surface area (Å²) in [6, 6.07) is 6.08. The summed E-state index contributed by atoms with van der Waals surface area (Å²) in [5.74, 6) is -0.323. The van der Waals surface area contributed by atoms with Gasteiger partial charge in [0.2, 0.25) is 5.88 Å². The van der Waals surface area contributed by atoms with Crippen LogP contribution in [0.2, 0.25) is 0 Å². The van der Waals surface area contributed by atoms with E-state index in [1.165, 1.54) is 29.3 Å². The first-order valence-corrected chi connectivity index (χ1v) is 11.6. The zero-order valence-corrected chi connectivity index (χ0v) is 19.1. The van der Waals surface area contributed by atoms with Crippen molar-refractivity contribution in [2.24, 2.45) is 11.8 Å². The summed E-state index contributed by atoms with van der Waals surface area (Å²) in [5.41, 5.74) is 0.456. The van der Waals surface area contributed by atoms with Crippen LogP contribution in [-0.2, 0) is 9.47 Å². The molecule has 1 amide bonds. The fraction of sp³-hybridized carbons (Fsp3) is 0.458. The fourth-order valence-corrected chi connectivity index (χ4v) is 4.76. The molecule has 11 heteroatoms. The van der Waals surface area contributed by atoms with E-state index >= 15 is 0 Å². The third kappa shape index (κ3) is 3.93. The molecule has 35 heavy (non-hydrogen) atoms. The lowest BCUT2D eigenvalue weighted by Crippen LogP contribution is -2.59. The van der Waals surface area contributed by atoms with E-state index in [2.05, 4.69) is 15.1 Å². The molecule has 0 spiro atoms. The van der Waals surface area contributed by atoms with Crippen LogP contribution in [0.4, 0.5) is 9.18 Å². The number of benzene rings is 1. The van der Waals surface area contributed by atoms with Gasteiger partial charge in [-0.2, -0.15) is 10.4 Å². The van der Waals surface area contributed by atoms with Crippen molar-refractivity contribution in [3.63, 3.8) is 0 Å². The standard InChI is InChI=1S/C24H23FN6O4/c1-24(4-5-24)35-23(32)30-9-15-11-33-12-16(10-30)20(15)34-22-17-8-29-31(21(17)27-13-28-22)19-3-2-14(7-26)6-18(19)25/h2-3,6,8,13,15-16,20H,4-5,9-12H2,1H3. The first-order chi connectivity index (χ1) is 16.9. The van der Waals surface area contributed by atoms with Gasteiger partial charge in [0.05, 0.1) is 31.0 Å². The number of carbonyl (C=O) groups is 1. The van der Waals surface area contributed by atoms with Crippen molar-refractivity contribution in [2.45, 2.75) is 31.5 Å². The van der Waals surface area contributed by atoms with E-state index in [1.807, 2.05) is 13.0 Å². The van der Waals surface area contributed by atoms with Gasteiger partial charge in [0, 0.05) is 24.9 Å². The van der Waals surface area contributed by atoms with Gasteiger partial charge in [-0.25, -0.2) is 23.8 Å². The average Bonchev–Trinajstić information content (AvgIpc) is 3.40. The Morgan fingerprint density at radius 3 is 2.71 bits per heavy atom. The molecule has 2 saturated heterocycles. The van der Waals surface area contributed by atoms with Gasteiger partial charge in [-0.3, -0.25) is 0 Å². The highest BCUT2D eigenvalue weighted by Gasteiger charge is 2.47. The van der Waals surface area contributed by atoms with Gasteiger partial charge in [-0.15, -0.1) is 0 Å². The molecule has 2 unspecified atom stereocenters. The number of carbonyl (C=O) groups excluding carboxylic acids is 1. The van der Waals surface area contributed by atoms with Crippen LogP contribution in [0.15, 0.2) is 30.7 Å². The van der Waals surface area contributed by atoms with Gasteiger partial charge in [0.25, 0.3) is 0 Å². The lowest BCUT2D eigenvalue weighted by molar-refractivity contribution is -0.111. The maximum atomic E-state index is 14.6. The lowest BCUT2D eigenvalue weighted by atomic mass is 9.84. The zero-order valence-electron chi connectivity index (χ0n) is 19.1. The first kappa shape index (κ1) is 21.7. The predicted molar refractivity (Wildman–Crippen MR) is 119 cm³/mol. The summed E-state index contributed by atoms with van der Waals surface area (Å²) in [7, 11) is 0. The Bertz CT molecular complexity index is 1340. The first-order valence-electron chi connectivity index (χ1n) is 11.6. The topological polar surface area (TPSA) is 115 Å². The Morgan fingerprint density at radius 2 is 2.03 bits per heavy atom. The van der Waals surface area contributed by atoms with Gasteiger partial charge >= 0.3 is 6.09 Å². The Hall–Kier alpha value is -3.78. The number of likely N-dealkylation sites (tertiary alicyclic amines) is 1. The molecule has 2 bridgehead atoms. The summed E-state index contributed by atoms with van der Waals surface area (Å²) < 4.78 is 33.8. The van der Waals surface area contributed by atoms with Gasteiger partial charge < -0.3 is 19.1 Å². The van der Waals surface area contributed by atoms with E-state index in [0.29, 0.717) is 43.2 Å². The number of rotatable bonds is 4. The number of hydrogen-bond donors (Lipinski definition) is 0. The summed E-state index contributed by atoms with van der Waals surface area (Å²) in [6.45, 7) is 3.83. The van der Waals surface area contributed by atoms with Crippen LogP contribution >= 0.6 is 0 Å². The number of halogens is 1. The molecule has 3 fully saturated rings. The minimum Gasteiger partial charge on any atom is -0.473 e. The Balaban J connectivity index is 1.25. The third-order valence-corrected chi connectivity index (χ3v) is 6.93. The van der Waals surface area contributed by atoms with Crippen LogP contribution < -0.4 is 4.74 Å². The van der Waals surface area contributed by atoms with Crippen LogP contribution in [0.3, 0.4) is 0 Å². The number of piperidine rings is 1. The van der Waals surface area contributed by atoms with Crippen molar-refractivity contribution < 1.29 is 23.4 Å². The third-order valence-electron chi connectivity index (χ3n) is 6.93. The van der Waals surface area contributed by atoms with Crippen LogP contribution in [0.25, 0.3) is 16.7 Å². The van der Waals surface area contributed by atoms with E-state index in [0.717, 1.165) is 18.9 Å². The minimum atomic E-state index is -0.582. The molecule has 2 atom stereocenters. The van der Waals surface area contributed by atoms with Crippen molar-refractivity contribution >= 4 is 17.1 Å². The Kier molecular flexibility index (Phi) is 5.07. The smallest absolute Gasteiger partial charge is 0.410 e. The molecule has 1 saturated carbocycles. The zero-order chi connectivity index (χ0) is 24.2. The second-order valence-corrected chi connectivity index (χ2v) is 9.61. The number of nitrogens with zero attached hydrogens (tertiary/aromatic N) is 6. The van der Waals surface area contributed by atoms with Crippen LogP contribution in [0.1, 0.15) is 25.3 Å². The number of hydrogen-bond acceptors (Lipinski definition) is 8. The number of nitriles is 1. The van der Waals surface area contributed by atoms with Crippen molar-refractivity contribution in [3.8, 4) is 17.6 Å². The van der Waals surface area contributed by atoms with Crippen molar-refractivity contribution in [3.05, 3.63) is 42.1 Å². The number of amides is 1. The van der Waals surface area contributed by atoms with Gasteiger partial charge in [0.15, 0.2) is 5.65 Å². The molecular formula is C24H23FN6O4. The average molecular weight is 478 g/mol. The molecule has 0 radical (unpaired) electrons. The fourth-order valence-electron chi connectivity index (χ4n) is 4.76. The normalized spacial score (nSPS) is 24.6. The monoisotopic (exact) mass is 478 g/mol. The van der Waals surface area contributed by atoms with E-state index in [-0.39, 0.29) is 40.9 Å². The highest BCUT2D eigenvalue weighted by Crippen LogP contribution is 2.40. The van der Waals surface area contributed by atoms with Crippen LogP contribution in [-0.4, -0.2) is 68.7 Å². The summed E-state index contributed by atoms with van der Waals surface area (Å²) in [4.78, 5) is 23.0. The van der Waals surface area contributed by atoms with Crippen LogP contribution in [0, 0.1) is 29.0 Å². The second kappa shape index (κ2) is 8.16. The quantitative estimate of drug-likeness (QED) is 0.562. The number of fused-ring (bicyclic) bond motifs is 3. The molecule has 4 heterocycles. The maximum Gasteiger partial charge on any atom is 0.410 e. The van der Waals surface area contributed by atoms with E-state index in [4.69, 9.17) is 19.5 Å². The molecule has 3 aliphatic rings. The molecular weight excluding hydrogens is 455 g/mol. The summed E-state index contributed by atoms with van der Waals surface area (Å²) in [6.07, 6.45) is 4.20. The number of aromatic nitrogens is 4. The molecule has 180 valence electrons. The van der Waals surface area contributed by atoms with Gasteiger partial charge in [0.1, 0.15) is 34.9 Å². The summed E-state index contributed by atoms with van der Waals surface area (Å²) in [5, 5.41) is 13.8. The molecule has 6 rings (SSSR count). The van der Waals surface area contributed by atoms with Gasteiger partial charge in [-0.1, -0.05) is 0 Å².